The molecule has 0 aliphatic heterocycles. The van der Waals surface area contributed by atoms with Gasteiger partial charge in [-0.05, 0) is 17.7 Å². The van der Waals surface area contributed by atoms with E-state index in [0.717, 1.165) is 22.6 Å². The van der Waals surface area contributed by atoms with E-state index in [1.807, 2.05) is 37.5 Å². The molecule has 1 heterocycles. The number of hydrogen-bond donors (Lipinski definition) is 1. The predicted octanol–water partition coefficient (Wildman–Crippen LogP) is 2.81. The molecule has 0 saturated heterocycles. The third-order valence-electron chi connectivity index (χ3n) is 3.29. The lowest BCUT2D eigenvalue weighted by Gasteiger charge is -2.20. The second-order valence-electron chi connectivity index (χ2n) is 6.03. The summed E-state index contributed by atoms with van der Waals surface area (Å²) in [7, 11) is 3.50. The van der Waals surface area contributed by atoms with Crippen LogP contribution in [0, 0.1) is 0 Å². The van der Waals surface area contributed by atoms with Crippen LogP contribution < -0.4 is 4.74 Å². The Morgan fingerprint density at radius 2 is 1.80 bits per heavy atom. The Balaban J connectivity index is 2.39. The zero-order chi connectivity index (χ0) is 14.9. The minimum atomic E-state index is -0.677. The summed E-state index contributed by atoms with van der Waals surface area (Å²) in [6.07, 6.45) is 1.21. The minimum absolute atomic E-state index is 0.107. The topological polar surface area (TPSA) is 47.3 Å². The second-order valence-corrected chi connectivity index (χ2v) is 6.03. The molecule has 108 valence electrons. The predicted molar refractivity (Wildman–Crippen MR) is 79.0 cm³/mol. The van der Waals surface area contributed by atoms with Crippen molar-refractivity contribution in [3.63, 3.8) is 0 Å². The van der Waals surface area contributed by atoms with Crippen LogP contribution in [0.1, 0.15) is 43.7 Å². The average Bonchev–Trinajstić information content (AvgIpc) is 2.80. The summed E-state index contributed by atoms with van der Waals surface area (Å²) in [5, 5.41) is 15.1. The number of aliphatic hydroxyl groups is 1. The van der Waals surface area contributed by atoms with Crippen molar-refractivity contribution in [3.05, 3.63) is 47.3 Å². The van der Waals surface area contributed by atoms with E-state index in [9.17, 15) is 5.11 Å². The smallest absolute Gasteiger partial charge is 0.118 e. The van der Waals surface area contributed by atoms with E-state index >= 15 is 0 Å². The number of nitrogens with zero attached hydrogens (tertiary/aromatic N) is 2. The standard InChI is InChI=1S/C16H22N2O2/c1-16(2,3)15-13(10-18(4)17-15)14(19)11-6-8-12(20-5)9-7-11/h6-10,14,19H,1-5H3. The van der Waals surface area contributed by atoms with Gasteiger partial charge in [-0.15, -0.1) is 0 Å². The van der Waals surface area contributed by atoms with E-state index < -0.39 is 6.10 Å². The fourth-order valence-electron chi connectivity index (χ4n) is 2.26. The molecule has 1 unspecified atom stereocenters. The van der Waals surface area contributed by atoms with E-state index in [0.29, 0.717) is 0 Å². The fourth-order valence-corrected chi connectivity index (χ4v) is 2.26. The molecule has 4 heteroatoms. The van der Waals surface area contributed by atoms with Gasteiger partial charge in [0.2, 0.25) is 0 Å². The molecule has 1 N–H and O–H groups in total. The highest BCUT2D eigenvalue weighted by Gasteiger charge is 2.26. The van der Waals surface area contributed by atoms with Crippen LogP contribution in [0.25, 0.3) is 0 Å². The molecule has 0 saturated carbocycles. The van der Waals surface area contributed by atoms with E-state index in [4.69, 9.17) is 4.74 Å². The zero-order valence-electron chi connectivity index (χ0n) is 12.7. The maximum atomic E-state index is 10.6. The van der Waals surface area contributed by atoms with Crippen molar-refractivity contribution < 1.29 is 9.84 Å². The van der Waals surface area contributed by atoms with Gasteiger partial charge in [0, 0.05) is 24.2 Å². The van der Waals surface area contributed by atoms with Gasteiger partial charge in [0.1, 0.15) is 11.9 Å². The van der Waals surface area contributed by atoms with Crippen molar-refractivity contribution in [2.45, 2.75) is 32.3 Å². The molecule has 2 aromatic rings. The van der Waals surface area contributed by atoms with Crippen LogP contribution in [-0.2, 0) is 12.5 Å². The quantitative estimate of drug-likeness (QED) is 0.936. The van der Waals surface area contributed by atoms with Crippen molar-refractivity contribution in [2.24, 2.45) is 7.05 Å². The van der Waals surface area contributed by atoms with E-state index in [1.54, 1.807) is 11.8 Å². The van der Waals surface area contributed by atoms with Crippen LogP contribution >= 0.6 is 0 Å². The molecule has 0 amide bonds. The maximum Gasteiger partial charge on any atom is 0.118 e. The third-order valence-corrected chi connectivity index (χ3v) is 3.29. The SMILES string of the molecule is COc1ccc(C(O)c2cn(C)nc2C(C)(C)C)cc1. The number of aliphatic hydroxyl groups excluding tert-OH is 1. The molecule has 0 radical (unpaired) electrons. The molecule has 0 spiro atoms. The third kappa shape index (κ3) is 2.85. The number of methoxy groups -OCH3 is 1. The van der Waals surface area contributed by atoms with Gasteiger partial charge in [0.25, 0.3) is 0 Å². The summed E-state index contributed by atoms with van der Waals surface area (Å²) in [5.74, 6) is 0.781. The lowest BCUT2D eigenvalue weighted by atomic mass is 9.87. The van der Waals surface area contributed by atoms with Crippen molar-refractivity contribution >= 4 is 0 Å². The molecule has 1 atom stereocenters. The molecule has 1 aromatic carbocycles. The zero-order valence-corrected chi connectivity index (χ0v) is 12.7. The van der Waals surface area contributed by atoms with Crippen molar-refractivity contribution in [1.82, 2.24) is 9.78 Å². The first kappa shape index (κ1) is 14.6. The first-order chi connectivity index (χ1) is 9.32. The molecule has 2 rings (SSSR count). The van der Waals surface area contributed by atoms with Crippen molar-refractivity contribution in [2.75, 3.05) is 7.11 Å². The summed E-state index contributed by atoms with van der Waals surface area (Å²) in [5.41, 5.74) is 2.50. The van der Waals surface area contributed by atoms with Gasteiger partial charge < -0.3 is 9.84 Å². The first-order valence-electron chi connectivity index (χ1n) is 6.69. The average molecular weight is 274 g/mol. The number of aryl methyl sites for hydroxylation is 1. The second kappa shape index (κ2) is 5.29. The number of benzene rings is 1. The molecule has 20 heavy (non-hydrogen) atoms. The molecular weight excluding hydrogens is 252 g/mol. The maximum absolute atomic E-state index is 10.6. The molecule has 1 aromatic heterocycles. The summed E-state index contributed by atoms with van der Waals surface area (Å²) < 4.78 is 6.89. The molecule has 0 aliphatic carbocycles. The largest absolute Gasteiger partial charge is 0.497 e. The van der Waals surface area contributed by atoms with Crippen LogP contribution in [0.15, 0.2) is 30.5 Å². The molecule has 0 fully saturated rings. The van der Waals surface area contributed by atoms with Crippen LogP contribution in [-0.4, -0.2) is 22.0 Å². The summed E-state index contributed by atoms with van der Waals surface area (Å²) in [6.45, 7) is 6.29. The Kier molecular flexibility index (Phi) is 3.86. The summed E-state index contributed by atoms with van der Waals surface area (Å²) in [4.78, 5) is 0. The Morgan fingerprint density at radius 1 is 1.20 bits per heavy atom. The Bertz CT molecular complexity index is 580. The fraction of sp³-hybridized carbons (Fsp3) is 0.438. The number of ether oxygens (including phenoxy) is 1. The van der Waals surface area contributed by atoms with Gasteiger partial charge >= 0.3 is 0 Å². The van der Waals surface area contributed by atoms with Crippen LogP contribution in [0.3, 0.4) is 0 Å². The van der Waals surface area contributed by atoms with E-state index in [-0.39, 0.29) is 5.41 Å². The lowest BCUT2D eigenvalue weighted by Crippen LogP contribution is -2.16. The monoisotopic (exact) mass is 274 g/mol. The highest BCUT2D eigenvalue weighted by Crippen LogP contribution is 2.32. The highest BCUT2D eigenvalue weighted by molar-refractivity contribution is 5.36. The van der Waals surface area contributed by atoms with Gasteiger partial charge in [0.15, 0.2) is 0 Å². The van der Waals surface area contributed by atoms with Gasteiger partial charge in [-0.2, -0.15) is 5.10 Å². The summed E-state index contributed by atoms with van der Waals surface area (Å²) in [6, 6.07) is 7.46. The summed E-state index contributed by atoms with van der Waals surface area (Å²) >= 11 is 0. The van der Waals surface area contributed by atoms with Gasteiger partial charge in [-0.25, -0.2) is 0 Å². The van der Waals surface area contributed by atoms with Crippen LogP contribution in [0.2, 0.25) is 0 Å². The van der Waals surface area contributed by atoms with Gasteiger partial charge in [-0.1, -0.05) is 32.9 Å². The molecule has 4 nitrogen and oxygen atoms in total. The Hall–Kier alpha value is -1.81. The van der Waals surface area contributed by atoms with Gasteiger partial charge in [-0.3, -0.25) is 4.68 Å². The first-order valence-corrected chi connectivity index (χ1v) is 6.69. The van der Waals surface area contributed by atoms with Crippen LogP contribution in [0.4, 0.5) is 0 Å². The van der Waals surface area contributed by atoms with Gasteiger partial charge in [0.05, 0.1) is 12.8 Å². The molecule has 0 aliphatic rings. The lowest BCUT2D eigenvalue weighted by molar-refractivity contribution is 0.217. The molecule has 0 bridgehead atoms. The van der Waals surface area contributed by atoms with Crippen molar-refractivity contribution in [1.29, 1.82) is 0 Å². The van der Waals surface area contributed by atoms with E-state index in [2.05, 4.69) is 25.9 Å². The normalized spacial score (nSPS) is 13.3. The van der Waals surface area contributed by atoms with Crippen molar-refractivity contribution in [3.8, 4) is 5.75 Å². The Morgan fingerprint density at radius 3 is 2.30 bits per heavy atom. The number of aromatic nitrogens is 2. The highest BCUT2D eigenvalue weighted by atomic mass is 16.5. The minimum Gasteiger partial charge on any atom is -0.497 e. The Labute approximate surface area is 120 Å². The van der Waals surface area contributed by atoms with E-state index in [1.165, 1.54) is 0 Å². The number of rotatable bonds is 3. The number of hydrogen-bond acceptors (Lipinski definition) is 3. The molecular formula is C16H22N2O2. The van der Waals surface area contributed by atoms with Crippen LogP contribution in [0.5, 0.6) is 5.75 Å².